The summed E-state index contributed by atoms with van der Waals surface area (Å²) in [6, 6.07) is 2.72. The van der Waals surface area contributed by atoms with Crippen molar-refractivity contribution in [3.05, 3.63) is 22.8 Å². The van der Waals surface area contributed by atoms with Crippen molar-refractivity contribution in [2.45, 2.75) is 11.0 Å². The molecule has 0 spiro atoms. The minimum absolute atomic E-state index is 0.778. The van der Waals surface area contributed by atoms with Gasteiger partial charge in [0.15, 0.2) is 20.0 Å². The average molecular weight is 411 g/mol. The van der Waals surface area contributed by atoms with Gasteiger partial charge in [0.2, 0.25) is 0 Å². The van der Waals surface area contributed by atoms with E-state index in [-0.39, 0.29) is 0 Å². The maximum atomic E-state index is 11.4. The number of rotatable bonds is 2. The zero-order valence-corrected chi connectivity index (χ0v) is 13.5. The van der Waals surface area contributed by atoms with Gasteiger partial charge in [-0.15, -0.1) is 6.42 Å². The summed E-state index contributed by atoms with van der Waals surface area (Å²) in [7, 11) is -11.5. The Balaban J connectivity index is 0.000000496. The van der Waals surface area contributed by atoms with Gasteiger partial charge in [0.1, 0.15) is 18.4 Å². The predicted molar refractivity (Wildman–Crippen MR) is 70.9 cm³/mol. The lowest BCUT2D eigenvalue weighted by Gasteiger charge is -2.22. The van der Waals surface area contributed by atoms with Crippen LogP contribution >= 0.6 is 0 Å². The first kappa shape index (κ1) is 22.8. The van der Waals surface area contributed by atoms with Crippen LogP contribution in [0.5, 0.6) is 0 Å². The van der Waals surface area contributed by atoms with Crippen molar-refractivity contribution in [1.29, 1.82) is 0 Å². The van der Waals surface area contributed by atoms with E-state index in [2.05, 4.69) is 17.9 Å². The van der Waals surface area contributed by atoms with Crippen LogP contribution in [-0.2, 0) is 27.1 Å². The molecule has 1 rings (SSSR count). The molecular weight excluding hydrogens is 404 g/mol. The largest absolute Gasteiger partial charge is 0.480 e. The first-order chi connectivity index (χ1) is 11.0. The second-order valence-corrected chi connectivity index (χ2v) is 7.21. The second-order valence-electron chi connectivity index (χ2n) is 3.78. The number of aromatic nitrogens is 2. The van der Waals surface area contributed by atoms with Gasteiger partial charge in [-0.05, 0) is 5.92 Å². The number of halogens is 6. The number of nitrogens with zero attached hydrogens (tertiary/aromatic N) is 3. The number of aryl methyl sites for hydroxylation is 1. The van der Waals surface area contributed by atoms with E-state index in [9.17, 15) is 43.2 Å². The summed E-state index contributed by atoms with van der Waals surface area (Å²) in [5.41, 5.74) is -12.4. The monoisotopic (exact) mass is 411 g/mol. The molecule has 1 aromatic heterocycles. The van der Waals surface area contributed by atoms with Crippen LogP contribution in [0.15, 0.2) is 18.7 Å². The summed E-state index contributed by atoms with van der Waals surface area (Å²) in [5, 5.41) is 0. The number of hydrogen-bond donors (Lipinski definition) is 0. The highest BCUT2D eigenvalue weighted by Gasteiger charge is 2.46. The van der Waals surface area contributed by atoms with Crippen molar-refractivity contribution in [2.24, 2.45) is 7.05 Å². The molecule has 0 unspecified atom stereocenters. The summed E-state index contributed by atoms with van der Waals surface area (Å²) in [6.45, 7) is 0. The van der Waals surface area contributed by atoms with E-state index in [0.717, 1.165) is 4.13 Å². The number of hydrogen-bond acceptors (Lipinski definition) is 4. The van der Waals surface area contributed by atoms with E-state index in [1.165, 1.54) is 0 Å². The van der Waals surface area contributed by atoms with Crippen molar-refractivity contribution in [3.8, 4) is 24.3 Å². The fourth-order valence-corrected chi connectivity index (χ4v) is 2.54. The van der Waals surface area contributed by atoms with Crippen LogP contribution < -0.4 is 4.57 Å². The van der Waals surface area contributed by atoms with Gasteiger partial charge in [-0.25, -0.2) is 21.4 Å². The molecule has 0 aromatic carbocycles. The lowest BCUT2D eigenvalue weighted by molar-refractivity contribution is -0.670. The van der Waals surface area contributed by atoms with Crippen LogP contribution in [0.3, 0.4) is 0 Å². The lowest BCUT2D eigenvalue weighted by atomic mass is 10.7. The van der Waals surface area contributed by atoms with Crippen LogP contribution in [0, 0.1) is 24.3 Å². The molecule has 0 aliphatic heterocycles. The highest BCUT2D eigenvalue weighted by atomic mass is 32.3. The van der Waals surface area contributed by atoms with Crippen LogP contribution in [0.4, 0.5) is 26.3 Å². The summed E-state index contributed by atoms with van der Waals surface area (Å²) < 4.78 is 113. The SMILES string of the molecule is C#CC#Cn1cc[n+](C)c1.O=S(=O)([N-]S(=O)(=O)C(F)(F)F)C(F)(F)F. The molecule has 15 heteroatoms. The van der Waals surface area contributed by atoms with Gasteiger partial charge < -0.3 is 4.13 Å². The number of terminal acetylenes is 1. The number of sulfonamides is 2. The van der Waals surface area contributed by atoms with E-state index in [1.807, 2.05) is 30.3 Å². The first-order valence-corrected chi connectivity index (χ1v) is 8.28. The molecule has 140 valence electrons. The molecule has 0 radical (unpaired) electrons. The molecule has 0 atom stereocenters. The molecule has 0 aliphatic rings. The number of imidazole rings is 1. The Bertz CT molecular complexity index is 869. The van der Waals surface area contributed by atoms with Crippen molar-refractivity contribution in [2.75, 3.05) is 0 Å². The standard InChI is InChI=1S/C8H7N2.C2F6NO4S2/c1-3-4-5-10-7-6-9(2)8-10;3-1(4,5)14(10,11)9-15(12,13)2(6,7)8/h1,6-8H,2H3;/q+1;-1. The summed E-state index contributed by atoms with van der Waals surface area (Å²) in [5.74, 6) is 4.74. The predicted octanol–water partition coefficient (Wildman–Crippen LogP) is 0.814. The Kier molecular flexibility index (Phi) is 7.08. The quantitative estimate of drug-likeness (QED) is 0.409. The molecule has 25 heavy (non-hydrogen) atoms. The van der Waals surface area contributed by atoms with E-state index in [4.69, 9.17) is 6.42 Å². The molecule has 0 bridgehead atoms. The van der Waals surface area contributed by atoms with Gasteiger partial charge in [0.05, 0.1) is 7.05 Å². The molecule has 0 fully saturated rings. The minimum atomic E-state index is -6.72. The van der Waals surface area contributed by atoms with Gasteiger partial charge in [-0.3, -0.25) is 0 Å². The van der Waals surface area contributed by atoms with Gasteiger partial charge in [-0.2, -0.15) is 30.9 Å². The van der Waals surface area contributed by atoms with Crippen LogP contribution in [0.1, 0.15) is 0 Å². The number of alkyl halides is 6. The Morgan fingerprint density at radius 1 is 1.04 bits per heavy atom. The van der Waals surface area contributed by atoms with Gasteiger partial charge in [-0.1, -0.05) is 0 Å². The fraction of sp³-hybridized carbons (Fsp3) is 0.300. The summed E-state index contributed by atoms with van der Waals surface area (Å²) >= 11 is 0. The normalized spacial score (nSPS) is 12.2. The Morgan fingerprint density at radius 3 is 1.76 bits per heavy atom. The third-order valence-electron chi connectivity index (χ3n) is 1.81. The Morgan fingerprint density at radius 2 is 1.48 bits per heavy atom. The van der Waals surface area contributed by atoms with Crippen molar-refractivity contribution < 1.29 is 47.7 Å². The molecule has 0 saturated carbocycles. The van der Waals surface area contributed by atoms with Crippen LogP contribution in [-0.4, -0.2) is 32.4 Å². The highest BCUT2D eigenvalue weighted by Crippen LogP contribution is 2.36. The smallest absolute Gasteiger partial charge is 0.421 e. The van der Waals surface area contributed by atoms with Crippen molar-refractivity contribution in [1.82, 2.24) is 4.57 Å². The third kappa shape index (κ3) is 7.04. The van der Waals surface area contributed by atoms with Gasteiger partial charge in [0, 0.05) is 5.92 Å². The highest BCUT2D eigenvalue weighted by molar-refractivity contribution is 8.13. The van der Waals surface area contributed by atoms with Crippen LogP contribution in [0.2, 0.25) is 0 Å². The molecule has 1 heterocycles. The van der Waals surface area contributed by atoms with E-state index < -0.39 is 31.1 Å². The van der Waals surface area contributed by atoms with E-state index >= 15 is 0 Å². The van der Waals surface area contributed by atoms with Gasteiger partial charge >= 0.3 is 11.0 Å². The molecule has 0 saturated heterocycles. The lowest BCUT2D eigenvalue weighted by Crippen LogP contribution is -2.30. The average Bonchev–Trinajstić information content (AvgIpc) is 2.79. The van der Waals surface area contributed by atoms with Gasteiger partial charge in [0.25, 0.3) is 6.33 Å². The Labute approximate surface area is 138 Å². The maximum absolute atomic E-state index is 11.4. The molecule has 7 nitrogen and oxygen atoms in total. The molecule has 0 aliphatic carbocycles. The topological polar surface area (TPSA) is 91.2 Å². The zero-order chi connectivity index (χ0) is 20.1. The first-order valence-electron chi connectivity index (χ1n) is 5.40. The van der Waals surface area contributed by atoms with E-state index in [0.29, 0.717) is 0 Å². The fourth-order valence-electron chi connectivity index (χ4n) is 0.827. The zero-order valence-electron chi connectivity index (χ0n) is 11.9. The molecule has 1 aromatic rings. The minimum Gasteiger partial charge on any atom is -0.421 e. The van der Waals surface area contributed by atoms with Crippen LogP contribution in [0.25, 0.3) is 4.13 Å². The molecule has 0 amide bonds. The summed E-state index contributed by atoms with van der Waals surface area (Å²) in [4.78, 5) is 0. The Hall–Kier alpha value is -2.23. The second kappa shape index (κ2) is 7.77. The maximum Gasteiger partial charge on any atom is 0.480 e. The van der Waals surface area contributed by atoms with Crippen molar-refractivity contribution >= 4 is 20.0 Å². The summed E-state index contributed by atoms with van der Waals surface area (Å²) in [6.07, 6.45) is 10.5. The molecular formula is C10H7F6N3O4S2. The third-order valence-corrected chi connectivity index (χ3v) is 4.55. The van der Waals surface area contributed by atoms with E-state index in [1.54, 1.807) is 4.57 Å². The molecule has 0 N–H and O–H groups in total. The van der Waals surface area contributed by atoms with Crippen molar-refractivity contribution in [3.63, 3.8) is 0 Å².